The SMILES string of the molecule is CC(C)CCCC[C@H]1CC[C@H]2[C@@H]3CC=C4C[C@@H](OC(=O)CCCC(=O)N(CCC5CC(N)C5)CCC5CC(N)C5)CC[C@]4(C)[C@H]3CC[C@]12C. The van der Waals surface area contributed by atoms with E-state index < -0.39 is 0 Å². The zero-order valence-corrected chi connectivity index (χ0v) is 31.9. The Labute approximate surface area is 299 Å². The van der Waals surface area contributed by atoms with Crippen molar-refractivity contribution in [3.63, 3.8) is 0 Å². The van der Waals surface area contributed by atoms with Gasteiger partial charge in [0.25, 0.3) is 0 Å². The first-order valence-electron chi connectivity index (χ1n) is 21.1. The highest BCUT2D eigenvalue weighted by molar-refractivity contribution is 5.77. The molecular weight excluding hydrogens is 606 g/mol. The summed E-state index contributed by atoms with van der Waals surface area (Å²) in [5, 5.41) is 0. The van der Waals surface area contributed by atoms with Gasteiger partial charge in [0, 0.05) is 44.4 Å². The van der Waals surface area contributed by atoms with Gasteiger partial charge in [0.2, 0.25) is 5.91 Å². The van der Waals surface area contributed by atoms with Crippen LogP contribution in [-0.2, 0) is 14.3 Å². The molecular formula is C43H73N3O3. The van der Waals surface area contributed by atoms with E-state index in [1.807, 2.05) is 0 Å². The lowest BCUT2D eigenvalue weighted by molar-refractivity contribution is -0.151. The van der Waals surface area contributed by atoms with Gasteiger partial charge in [-0.2, -0.15) is 0 Å². The summed E-state index contributed by atoms with van der Waals surface area (Å²) < 4.78 is 6.12. The zero-order valence-electron chi connectivity index (χ0n) is 31.9. The van der Waals surface area contributed by atoms with Crippen molar-refractivity contribution in [1.29, 1.82) is 0 Å². The molecule has 0 aromatic carbocycles. The molecule has 6 aliphatic carbocycles. The van der Waals surface area contributed by atoms with Gasteiger partial charge in [-0.1, -0.05) is 58.6 Å². The van der Waals surface area contributed by atoms with E-state index >= 15 is 0 Å². The maximum absolute atomic E-state index is 13.3. The lowest BCUT2D eigenvalue weighted by atomic mass is 9.47. The van der Waals surface area contributed by atoms with Crippen molar-refractivity contribution in [1.82, 2.24) is 4.90 Å². The largest absolute Gasteiger partial charge is 0.462 e. The number of rotatable bonds is 16. The van der Waals surface area contributed by atoms with Crippen molar-refractivity contribution in [2.75, 3.05) is 13.1 Å². The third-order valence-corrected chi connectivity index (χ3v) is 15.4. The lowest BCUT2D eigenvalue weighted by Crippen LogP contribution is -2.50. The normalized spacial score (nSPS) is 39.6. The average molecular weight is 680 g/mol. The van der Waals surface area contributed by atoms with Crippen LogP contribution in [0, 0.1) is 52.3 Å². The van der Waals surface area contributed by atoms with Crippen LogP contribution in [0.1, 0.15) is 163 Å². The molecule has 1 amide bonds. The Bertz CT molecular complexity index is 1130. The van der Waals surface area contributed by atoms with Gasteiger partial charge in [-0.25, -0.2) is 0 Å². The van der Waals surface area contributed by atoms with Gasteiger partial charge < -0.3 is 21.1 Å². The van der Waals surface area contributed by atoms with E-state index in [1.54, 1.807) is 5.57 Å². The number of fused-ring (bicyclic) bond motifs is 5. The summed E-state index contributed by atoms with van der Waals surface area (Å²) >= 11 is 0. The minimum absolute atomic E-state index is 0.00572. The monoisotopic (exact) mass is 680 g/mol. The predicted molar refractivity (Wildman–Crippen MR) is 199 cm³/mol. The molecule has 7 atom stereocenters. The average Bonchev–Trinajstić information content (AvgIpc) is 3.37. The Kier molecular flexibility index (Phi) is 12.3. The molecule has 5 fully saturated rings. The highest BCUT2D eigenvalue weighted by atomic mass is 16.5. The van der Waals surface area contributed by atoms with Crippen molar-refractivity contribution >= 4 is 11.9 Å². The lowest BCUT2D eigenvalue weighted by Gasteiger charge is -2.58. The van der Waals surface area contributed by atoms with E-state index in [0.29, 0.717) is 48.6 Å². The highest BCUT2D eigenvalue weighted by Crippen LogP contribution is 2.67. The molecule has 0 aromatic heterocycles. The topological polar surface area (TPSA) is 98.7 Å². The smallest absolute Gasteiger partial charge is 0.306 e. The first-order chi connectivity index (χ1) is 23.4. The second-order valence-corrected chi connectivity index (χ2v) is 19.1. The molecule has 6 rings (SSSR count). The minimum Gasteiger partial charge on any atom is -0.462 e. The van der Waals surface area contributed by atoms with E-state index in [0.717, 1.165) is 100 Å². The summed E-state index contributed by atoms with van der Waals surface area (Å²) in [4.78, 5) is 28.4. The van der Waals surface area contributed by atoms with Crippen LogP contribution in [0.5, 0.6) is 0 Å². The van der Waals surface area contributed by atoms with Gasteiger partial charge in [-0.3, -0.25) is 9.59 Å². The summed E-state index contributed by atoms with van der Waals surface area (Å²) in [5.41, 5.74) is 14.4. The molecule has 278 valence electrons. The molecule has 0 unspecified atom stereocenters. The third-order valence-electron chi connectivity index (χ3n) is 15.4. The maximum atomic E-state index is 13.3. The van der Waals surface area contributed by atoms with Gasteiger partial charge in [0.15, 0.2) is 0 Å². The van der Waals surface area contributed by atoms with Gasteiger partial charge in [-0.05, 0) is 149 Å². The number of esters is 1. The number of nitrogens with zero attached hydrogens (tertiary/aromatic N) is 1. The number of hydrogen-bond donors (Lipinski definition) is 2. The van der Waals surface area contributed by atoms with Crippen molar-refractivity contribution in [2.45, 2.75) is 181 Å². The van der Waals surface area contributed by atoms with Gasteiger partial charge in [-0.15, -0.1) is 0 Å². The van der Waals surface area contributed by atoms with Crippen molar-refractivity contribution in [3.05, 3.63) is 11.6 Å². The van der Waals surface area contributed by atoms with Crippen molar-refractivity contribution in [2.24, 2.45) is 63.7 Å². The Balaban J connectivity index is 0.947. The van der Waals surface area contributed by atoms with Crippen LogP contribution in [0.4, 0.5) is 0 Å². The molecule has 6 heteroatoms. The number of unbranched alkanes of at least 4 members (excludes halogenated alkanes) is 1. The van der Waals surface area contributed by atoms with Crippen LogP contribution in [0.2, 0.25) is 0 Å². The molecule has 49 heavy (non-hydrogen) atoms. The second kappa shape index (κ2) is 16.1. The summed E-state index contributed by atoms with van der Waals surface area (Å²) in [6, 6.07) is 0.692. The molecule has 0 aromatic rings. The summed E-state index contributed by atoms with van der Waals surface area (Å²) in [5.74, 6) is 5.65. The zero-order chi connectivity index (χ0) is 34.8. The Morgan fingerprint density at radius 2 is 1.55 bits per heavy atom. The van der Waals surface area contributed by atoms with Gasteiger partial charge in [0.05, 0.1) is 0 Å². The quantitative estimate of drug-likeness (QED) is 0.0964. The third kappa shape index (κ3) is 8.64. The molecule has 0 heterocycles. The maximum Gasteiger partial charge on any atom is 0.306 e. The number of carbonyl (C=O) groups excluding carboxylic acids is 2. The van der Waals surface area contributed by atoms with E-state index in [4.69, 9.17) is 16.2 Å². The van der Waals surface area contributed by atoms with Crippen molar-refractivity contribution < 1.29 is 14.3 Å². The molecule has 0 spiro atoms. The molecule has 0 aliphatic heterocycles. The van der Waals surface area contributed by atoms with Crippen LogP contribution >= 0.6 is 0 Å². The Morgan fingerprint density at radius 3 is 2.20 bits per heavy atom. The molecule has 0 radical (unpaired) electrons. The van der Waals surface area contributed by atoms with E-state index in [9.17, 15) is 9.59 Å². The molecule has 0 bridgehead atoms. The van der Waals surface area contributed by atoms with Crippen LogP contribution in [0.15, 0.2) is 11.6 Å². The molecule has 4 N–H and O–H groups in total. The van der Waals surface area contributed by atoms with E-state index in [1.165, 1.54) is 57.8 Å². The van der Waals surface area contributed by atoms with Crippen molar-refractivity contribution in [3.8, 4) is 0 Å². The molecule has 0 saturated heterocycles. The van der Waals surface area contributed by atoms with Crippen LogP contribution in [0.3, 0.4) is 0 Å². The number of nitrogens with two attached hydrogens (primary N) is 2. The molecule has 6 nitrogen and oxygen atoms in total. The molecule has 6 aliphatic rings. The number of allylic oxidation sites excluding steroid dienone is 1. The van der Waals surface area contributed by atoms with Crippen LogP contribution in [-0.4, -0.2) is 48.1 Å². The molecule has 5 saturated carbocycles. The summed E-state index contributed by atoms with van der Waals surface area (Å²) in [6.45, 7) is 11.6. The van der Waals surface area contributed by atoms with Gasteiger partial charge in [0.1, 0.15) is 6.10 Å². The highest BCUT2D eigenvalue weighted by Gasteiger charge is 2.58. The number of ether oxygens (including phenoxy) is 1. The fourth-order valence-electron chi connectivity index (χ4n) is 12.1. The minimum atomic E-state index is -0.118. The summed E-state index contributed by atoms with van der Waals surface area (Å²) in [6.07, 6.45) is 26.0. The fourth-order valence-corrected chi connectivity index (χ4v) is 12.1. The number of hydrogen-bond acceptors (Lipinski definition) is 5. The first kappa shape index (κ1) is 37.4. The van der Waals surface area contributed by atoms with Crippen LogP contribution in [0.25, 0.3) is 0 Å². The standard InChI is InChI=1S/C43H73N3O3/c1-29(2)8-5-6-9-32-13-15-38-37-14-12-33-28-36(16-20-43(33,4)39(37)17-21-42(32,38)3)49-41(48)11-7-10-40(47)46(22-18-30-24-34(44)25-30)23-19-31-26-35(45)27-31/h12,29-32,34-39H,5-11,13-28,44-45H2,1-4H3/t30?,31?,32-,34?,35?,36-,37-,38-,39-,42+,43-/m0/s1. The Hall–Kier alpha value is -1.40. The Morgan fingerprint density at radius 1 is 0.857 bits per heavy atom. The first-order valence-corrected chi connectivity index (χ1v) is 21.1. The van der Waals surface area contributed by atoms with E-state index in [-0.39, 0.29) is 23.4 Å². The second-order valence-electron chi connectivity index (χ2n) is 19.1. The van der Waals surface area contributed by atoms with Gasteiger partial charge >= 0.3 is 5.97 Å². The summed E-state index contributed by atoms with van der Waals surface area (Å²) in [7, 11) is 0. The number of amides is 1. The van der Waals surface area contributed by atoms with Crippen LogP contribution < -0.4 is 11.5 Å². The number of carbonyl (C=O) groups is 2. The predicted octanol–water partition coefficient (Wildman–Crippen LogP) is 8.95. The van der Waals surface area contributed by atoms with E-state index in [2.05, 4.69) is 38.7 Å². The fraction of sp³-hybridized carbons (Fsp3) is 0.907.